The van der Waals surface area contributed by atoms with Crippen LogP contribution in [-0.4, -0.2) is 31.6 Å². The molecular formula is C19H17ClN6O2. The van der Waals surface area contributed by atoms with E-state index in [4.69, 9.17) is 11.6 Å². The van der Waals surface area contributed by atoms with Gasteiger partial charge in [-0.1, -0.05) is 17.7 Å². The maximum absolute atomic E-state index is 12.4. The Balaban J connectivity index is 1.47. The third-order valence-corrected chi connectivity index (χ3v) is 4.99. The highest BCUT2D eigenvalue weighted by Crippen LogP contribution is 2.25. The summed E-state index contributed by atoms with van der Waals surface area (Å²) in [5.74, 6) is -0.182. The fourth-order valence-electron chi connectivity index (χ4n) is 3.01. The summed E-state index contributed by atoms with van der Waals surface area (Å²) in [5, 5.41) is 10.6. The normalized spacial score (nSPS) is 15.6. The van der Waals surface area contributed by atoms with Crippen LogP contribution in [0, 0.1) is 12.8 Å². The van der Waals surface area contributed by atoms with Gasteiger partial charge in [0.15, 0.2) is 5.82 Å². The zero-order valence-electron chi connectivity index (χ0n) is 15.0. The van der Waals surface area contributed by atoms with E-state index >= 15 is 0 Å². The number of hydrogen-bond acceptors (Lipinski definition) is 5. The van der Waals surface area contributed by atoms with Crippen molar-refractivity contribution >= 4 is 35.1 Å². The summed E-state index contributed by atoms with van der Waals surface area (Å²) in [6.45, 7) is 2.11. The van der Waals surface area contributed by atoms with Gasteiger partial charge < -0.3 is 5.32 Å². The summed E-state index contributed by atoms with van der Waals surface area (Å²) in [5.41, 5.74) is 2.22. The van der Waals surface area contributed by atoms with Crippen LogP contribution in [0.15, 0.2) is 42.7 Å². The van der Waals surface area contributed by atoms with Crippen LogP contribution < -0.4 is 10.6 Å². The Labute approximate surface area is 166 Å². The van der Waals surface area contributed by atoms with Gasteiger partial charge in [0.25, 0.3) is 0 Å². The number of halogens is 1. The molecule has 8 nitrogen and oxygen atoms in total. The van der Waals surface area contributed by atoms with Crippen molar-refractivity contribution in [2.45, 2.75) is 19.9 Å². The van der Waals surface area contributed by atoms with E-state index in [0.717, 1.165) is 11.1 Å². The summed E-state index contributed by atoms with van der Waals surface area (Å²) in [7, 11) is 0. The molecule has 3 heterocycles. The monoisotopic (exact) mass is 396 g/mol. The van der Waals surface area contributed by atoms with Crippen molar-refractivity contribution in [3.05, 3.63) is 53.3 Å². The molecule has 0 bridgehead atoms. The second kappa shape index (κ2) is 7.40. The third-order valence-electron chi connectivity index (χ3n) is 4.58. The number of pyridine rings is 1. The van der Waals surface area contributed by atoms with E-state index in [1.165, 1.54) is 0 Å². The molecule has 3 aromatic rings. The molecule has 1 aliphatic heterocycles. The standard InChI is InChI=1S/C19H17ClN6O2/c1-11-14(20)3-2-4-15(11)22-16(27)9-13-10-26-19(24-18(13)28)23-17(25-26)12-5-7-21-8-6-12/h2-8,13H,9-10H2,1H3,(H,22,27)(H,23,24,25,28). The van der Waals surface area contributed by atoms with Crippen molar-refractivity contribution < 1.29 is 9.59 Å². The minimum atomic E-state index is -0.543. The fraction of sp³-hybridized carbons (Fsp3) is 0.211. The zero-order chi connectivity index (χ0) is 19.7. The van der Waals surface area contributed by atoms with Gasteiger partial charge in [-0.3, -0.25) is 19.9 Å². The molecule has 0 spiro atoms. The summed E-state index contributed by atoms with van der Waals surface area (Å²) >= 11 is 6.08. The highest BCUT2D eigenvalue weighted by molar-refractivity contribution is 6.31. The van der Waals surface area contributed by atoms with Gasteiger partial charge in [-0.2, -0.15) is 4.98 Å². The molecular weight excluding hydrogens is 380 g/mol. The Morgan fingerprint density at radius 3 is 2.89 bits per heavy atom. The maximum atomic E-state index is 12.4. The highest BCUT2D eigenvalue weighted by atomic mass is 35.5. The largest absolute Gasteiger partial charge is 0.326 e. The first-order valence-corrected chi connectivity index (χ1v) is 9.10. The quantitative estimate of drug-likeness (QED) is 0.706. The second-order valence-electron chi connectivity index (χ2n) is 6.53. The molecule has 2 amide bonds. The average molecular weight is 397 g/mol. The van der Waals surface area contributed by atoms with Crippen molar-refractivity contribution in [1.29, 1.82) is 0 Å². The van der Waals surface area contributed by atoms with E-state index in [-0.39, 0.29) is 24.8 Å². The molecule has 0 fully saturated rings. The lowest BCUT2D eigenvalue weighted by Gasteiger charge is -2.21. The molecule has 4 rings (SSSR count). The lowest BCUT2D eigenvalue weighted by atomic mass is 10.0. The predicted octanol–water partition coefficient (Wildman–Crippen LogP) is 2.90. The van der Waals surface area contributed by atoms with Crippen LogP contribution in [0.1, 0.15) is 12.0 Å². The molecule has 0 saturated carbocycles. The molecule has 0 saturated heterocycles. The van der Waals surface area contributed by atoms with Crippen LogP contribution in [0.5, 0.6) is 0 Å². The number of amides is 2. The Morgan fingerprint density at radius 2 is 2.11 bits per heavy atom. The molecule has 9 heteroatoms. The predicted molar refractivity (Wildman–Crippen MR) is 105 cm³/mol. The number of hydrogen-bond donors (Lipinski definition) is 2. The molecule has 142 valence electrons. The smallest absolute Gasteiger partial charge is 0.232 e. The van der Waals surface area contributed by atoms with Gasteiger partial charge in [0.1, 0.15) is 0 Å². The number of anilines is 2. The van der Waals surface area contributed by atoms with Crippen LogP contribution in [0.25, 0.3) is 11.4 Å². The van der Waals surface area contributed by atoms with E-state index in [9.17, 15) is 9.59 Å². The summed E-state index contributed by atoms with van der Waals surface area (Å²) < 4.78 is 1.61. The molecule has 0 radical (unpaired) electrons. The van der Waals surface area contributed by atoms with E-state index in [0.29, 0.717) is 22.5 Å². The van der Waals surface area contributed by atoms with Crippen LogP contribution in [-0.2, 0) is 16.1 Å². The number of benzene rings is 1. The molecule has 1 atom stereocenters. The third kappa shape index (κ3) is 3.59. The maximum Gasteiger partial charge on any atom is 0.232 e. The van der Waals surface area contributed by atoms with Gasteiger partial charge in [-0.15, -0.1) is 5.10 Å². The van der Waals surface area contributed by atoms with Crippen molar-refractivity contribution in [2.24, 2.45) is 5.92 Å². The molecule has 1 aliphatic rings. The molecule has 2 aromatic heterocycles. The van der Waals surface area contributed by atoms with Gasteiger partial charge in [0, 0.05) is 35.1 Å². The number of fused-ring (bicyclic) bond motifs is 1. The number of aromatic nitrogens is 4. The first-order chi connectivity index (χ1) is 13.5. The van der Waals surface area contributed by atoms with Crippen molar-refractivity contribution in [3.8, 4) is 11.4 Å². The minimum absolute atomic E-state index is 0.0294. The Morgan fingerprint density at radius 1 is 1.32 bits per heavy atom. The minimum Gasteiger partial charge on any atom is -0.326 e. The van der Waals surface area contributed by atoms with Gasteiger partial charge in [-0.05, 0) is 36.8 Å². The van der Waals surface area contributed by atoms with Crippen LogP contribution >= 0.6 is 11.6 Å². The van der Waals surface area contributed by atoms with Crippen LogP contribution in [0.2, 0.25) is 5.02 Å². The van der Waals surface area contributed by atoms with Crippen LogP contribution in [0.3, 0.4) is 0 Å². The molecule has 2 N–H and O–H groups in total. The Kier molecular flexibility index (Phi) is 4.79. The SMILES string of the molecule is Cc1c(Cl)cccc1NC(=O)CC1Cn2nc(-c3ccncc3)nc2NC1=O. The van der Waals surface area contributed by atoms with E-state index < -0.39 is 5.92 Å². The zero-order valence-corrected chi connectivity index (χ0v) is 15.8. The second-order valence-corrected chi connectivity index (χ2v) is 6.94. The van der Waals surface area contributed by atoms with Gasteiger partial charge >= 0.3 is 0 Å². The number of carbonyl (C=O) groups is 2. The van der Waals surface area contributed by atoms with E-state index in [1.807, 2.05) is 6.92 Å². The Bertz CT molecular complexity index is 1050. The number of nitrogens with one attached hydrogen (secondary N) is 2. The van der Waals surface area contributed by atoms with Crippen molar-refractivity contribution in [1.82, 2.24) is 19.7 Å². The highest BCUT2D eigenvalue weighted by Gasteiger charge is 2.30. The number of carbonyl (C=O) groups excluding carboxylic acids is 2. The summed E-state index contributed by atoms with van der Waals surface area (Å²) in [4.78, 5) is 33.2. The lowest BCUT2D eigenvalue weighted by molar-refractivity contribution is -0.125. The van der Waals surface area contributed by atoms with Crippen LogP contribution in [0.4, 0.5) is 11.6 Å². The summed E-state index contributed by atoms with van der Waals surface area (Å²) in [6.07, 6.45) is 3.33. The van der Waals surface area contributed by atoms with Gasteiger partial charge in [-0.25, -0.2) is 4.68 Å². The first kappa shape index (κ1) is 18.1. The molecule has 1 aromatic carbocycles. The molecule has 28 heavy (non-hydrogen) atoms. The topological polar surface area (TPSA) is 102 Å². The molecule has 1 unspecified atom stereocenters. The lowest BCUT2D eigenvalue weighted by Crippen LogP contribution is -2.36. The number of rotatable bonds is 4. The van der Waals surface area contributed by atoms with Crippen molar-refractivity contribution in [2.75, 3.05) is 10.6 Å². The average Bonchev–Trinajstić information content (AvgIpc) is 3.09. The first-order valence-electron chi connectivity index (χ1n) is 8.72. The number of nitrogens with zero attached hydrogens (tertiary/aromatic N) is 4. The van der Waals surface area contributed by atoms with Gasteiger partial charge in [0.2, 0.25) is 17.8 Å². The summed E-state index contributed by atoms with van der Waals surface area (Å²) in [6, 6.07) is 8.88. The van der Waals surface area contributed by atoms with E-state index in [1.54, 1.807) is 47.4 Å². The van der Waals surface area contributed by atoms with E-state index in [2.05, 4.69) is 25.7 Å². The Hall–Kier alpha value is -3.26. The molecule has 0 aliphatic carbocycles. The van der Waals surface area contributed by atoms with Gasteiger partial charge in [0.05, 0.1) is 12.5 Å². The fourth-order valence-corrected chi connectivity index (χ4v) is 3.19. The van der Waals surface area contributed by atoms with Crippen molar-refractivity contribution in [3.63, 3.8) is 0 Å².